The number of carbonyl (C=O) groups excluding carboxylic acids is 1. The Balaban J connectivity index is 2.28. The molecule has 1 aliphatic rings. The molecule has 0 radical (unpaired) electrons. The molecule has 5 nitrogen and oxygen atoms in total. The highest BCUT2D eigenvalue weighted by molar-refractivity contribution is 5.95. The maximum Gasteiger partial charge on any atom is 0.341 e. The Labute approximate surface area is 144 Å². The number of ether oxygens (including phenoxy) is 2. The maximum atomic E-state index is 11.8. The van der Waals surface area contributed by atoms with Gasteiger partial charge in [0.1, 0.15) is 11.3 Å². The molecule has 1 saturated carbocycles. The van der Waals surface area contributed by atoms with Gasteiger partial charge in [0.05, 0.1) is 25.6 Å². The largest absolute Gasteiger partial charge is 0.496 e. The van der Waals surface area contributed by atoms with Crippen LogP contribution in [-0.4, -0.2) is 26.2 Å². The molecule has 0 aliphatic heterocycles. The third-order valence-corrected chi connectivity index (χ3v) is 4.69. The van der Waals surface area contributed by atoms with Gasteiger partial charge in [-0.25, -0.2) is 4.79 Å². The lowest BCUT2D eigenvalue weighted by Crippen LogP contribution is -2.40. The second-order valence-corrected chi connectivity index (χ2v) is 8.39. The van der Waals surface area contributed by atoms with Crippen LogP contribution in [0.1, 0.15) is 57.3 Å². The zero-order valence-corrected chi connectivity index (χ0v) is 15.7. The van der Waals surface area contributed by atoms with E-state index >= 15 is 0 Å². The molecule has 0 atom stereocenters. The normalized spacial score (nSPS) is 19.6. The first kappa shape index (κ1) is 18.4. The van der Waals surface area contributed by atoms with Crippen molar-refractivity contribution in [1.82, 2.24) is 0 Å². The van der Waals surface area contributed by atoms with Gasteiger partial charge in [-0.2, -0.15) is 0 Å². The number of nitrogens with one attached hydrogen (secondary N) is 1. The number of benzene rings is 1. The number of esters is 1. The lowest BCUT2D eigenvalue weighted by molar-refractivity contribution is 0.0597. The second-order valence-electron chi connectivity index (χ2n) is 8.39. The van der Waals surface area contributed by atoms with Crippen molar-refractivity contribution in [3.05, 3.63) is 17.7 Å². The average Bonchev–Trinajstić information content (AvgIpc) is 2.44. The molecule has 134 valence electrons. The summed E-state index contributed by atoms with van der Waals surface area (Å²) in [5.74, 6) is 0.0120. The quantitative estimate of drug-likeness (QED) is 0.641. The minimum Gasteiger partial charge on any atom is -0.496 e. The minimum atomic E-state index is -0.454. The van der Waals surface area contributed by atoms with Gasteiger partial charge in [0.2, 0.25) is 0 Å². The fourth-order valence-electron chi connectivity index (χ4n) is 4.33. The van der Waals surface area contributed by atoms with Crippen molar-refractivity contribution >= 4 is 17.3 Å². The molecule has 0 amide bonds. The Morgan fingerprint density at radius 2 is 1.75 bits per heavy atom. The molecule has 0 bridgehead atoms. The van der Waals surface area contributed by atoms with Gasteiger partial charge in [0.15, 0.2) is 0 Å². The van der Waals surface area contributed by atoms with Crippen LogP contribution in [0.5, 0.6) is 5.75 Å². The molecule has 2 rings (SSSR count). The SMILES string of the molecule is COC(=O)c1cc(N)c(NC2CC(C)(C)CC(C)(C)C2)cc1OC. The van der Waals surface area contributed by atoms with E-state index in [1.807, 2.05) is 0 Å². The molecule has 0 spiro atoms. The highest BCUT2D eigenvalue weighted by Crippen LogP contribution is 2.46. The van der Waals surface area contributed by atoms with Crippen molar-refractivity contribution in [2.75, 3.05) is 25.3 Å². The summed E-state index contributed by atoms with van der Waals surface area (Å²) in [5, 5.41) is 3.56. The van der Waals surface area contributed by atoms with E-state index in [0.29, 0.717) is 23.0 Å². The lowest BCUT2D eigenvalue weighted by atomic mass is 9.63. The molecular formula is C19H30N2O3. The van der Waals surface area contributed by atoms with Crippen LogP contribution in [0.4, 0.5) is 11.4 Å². The van der Waals surface area contributed by atoms with Gasteiger partial charge in [0, 0.05) is 12.1 Å². The van der Waals surface area contributed by atoms with Crippen molar-refractivity contribution in [3.8, 4) is 5.75 Å². The Kier molecular flexibility index (Phi) is 5.02. The summed E-state index contributed by atoms with van der Waals surface area (Å²) in [6.45, 7) is 9.25. The number of hydrogen-bond acceptors (Lipinski definition) is 5. The predicted molar refractivity (Wildman–Crippen MR) is 97.6 cm³/mol. The summed E-state index contributed by atoms with van der Waals surface area (Å²) in [6, 6.07) is 3.74. The van der Waals surface area contributed by atoms with E-state index in [1.165, 1.54) is 20.6 Å². The Hall–Kier alpha value is -1.91. The summed E-state index contributed by atoms with van der Waals surface area (Å²) < 4.78 is 10.1. The van der Waals surface area contributed by atoms with E-state index in [0.717, 1.165) is 18.5 Å². The first-order valence-corrected chi connectivity index (χ1v) is 8.39. The van der Waals surface area contributed by atoms with Crippen molar-refractivity contribution in [2.24, 2.45) is 10.8 Å². The van der Waals surface area contributed by atoms with E-state index < -0.39 is 5.97 Å². The summed E-state index contributed by atoms with van der Waals surface area (Å²) in [5.41, 5.74) is 8.40. The van der Waals surface area contributed by atoms with Crippen LogP contribution in [-0.2, 0) is 4.74 Å². The van der Waals surface area contributed by atoms with E-state index in [9.17, 15) is 4.79 Å². The summed E-state index contributed by atoms with van der Waals surface area (Å²) in [4.78, 5) is 11.8. The standard InChI is InChI=1S/C19H30N2O3/c1-18(2)9-12(10-19(3,4)11-18)21-15-8-16(23-5)13(7-14(15)20)17(22)24-6/h7-8,12,21H,9-11,20H2,1-6H3. The molecule has 1 aliphatic carbocycles. The van der Waals surface area contributed by atoms with Crippen LogP contribution < -0.4 is 15.8 Å². The summed E-state index contributed by atoms with van der Waals surface area (Å²) >= 11 is 0. The van der Waals surface area contributed by atoms with Gasteiger partial charge in [0.25, 0.3) is 0 Å². The molecule has 5 heteroatoms. The molecule has 0 saturated heterocycles. The van der Waals surface area contributed by atoms with Crippen molar-refractivity contribution < 1.29 is 14.3 Å². The van der Waals surface area contributed by atoms with E-state index in [2.05, 4.69) is 33.0 Å². The third kappa shape index (κ3) is 4.13. The molecule has 0 aromatic heterocycles. The minimum absolute atomic E-state index is 0.282. The first-order valence-electron chi connectivity index (χ1n) is 8.39. The number of rotatable bonds is 4. The van der Waals surface area contributed by atoms with Crippen LogP contribution in [0.3, 0.4) is 0 Å². The van der Waals surface area contributed by atoms with E-state index in [-0.39, 0.29) is 10.8 Å². The smallest absolute Gasteiger partial charge is 0.341 e. The van der Waals surface area contributed by atoms with Crippen molar-refractivity contribution in [2.45, 2.75) is 53.0 Å². The Morgan fingerprint density at radius 1 is 1.17 bits per heavy atom. The van der Waals surface area contributed by atoms with Gasteiger partial charge in [-0.15, -0.1) is 0 Å². The summed E-state index contributed by atoms with van der Waals surface area (Å²) in [7, 11) is 2.88. The molecule has 24 heavy (non-hydrogen) atoms. The number of anilines is 2. The third-order valence-electron chi connectivity index (χ3n) is 4.69. The summed E-state index contributed by atoms with van der Waals surface area (Å²) in [6.07, 6.45) is 3.37. The van der Waals surface area contributed by atoms with Gasteiger partial charge >= 0.3 is 5.97 Å². The fraction of sp³-hybridized carbons (Fsp3) is 0.632. The number of hydrogen-bond donors (Lipinski definition) is 2. The van der Waals surface area contributed by atoms with E-state index in [1.54, 1.807) is 12.1 Å². The lowest BCUT2D eigenvalue weighted by Gasteiger charge is -2.45. The monoisotopic (exact) mass is 334 g/mol. The molecule has 1 aromatic carbocycles. The molecule has 0 unspecified atom stereocenters. The van der Waals surface area contributed by atoms with Gasteiger partial charge in [-0.1, -0.05) is 27.7 Å². The van der Waals surface area contributed by atoms with Gasteiger partial charge in [-0.3, -0.25) is 0 Å². The van der Waals surface area contributed by atoms with Crippen molar-refractivity contribution in [1.29, 1.82) is 0 Å². The van der Waals surface area contributed by atoms with Crippen LogP contribution in [0.2, 0.25) is 0 Å². The van der Waals surface area contributed by atoms with Crippen molar-refractivity contribution in [3.63, 3.8) is 0 Å². The molecule has 1 aromatic rings. The Bertz CT molecular complexity index is 607. The highest BCUT2D eigenvalue weighted by atomic mass is 16.5. The number of methoxy groups -OCH3 is 2. The molecule has 3 N–H and O–H groups in total. The zero-order valence-electron chi connectivity index (χ0n) is 15.7. The van der Waals surface area contributed by atoms with E-state index in [4.69, 9.17) is 15.2 Å². The fourth-order valence-corrected chi connectivity index (χ4v) is 4.33. The number of nitrogens with two attached hydrogens (primary N) is 1. The highest BCUT2D eigenvalue weighted by Gasteiger charge is 2.38. The molecule has 0 heterocycles. The maximum absolute atomic E-state index is 11.8. The Morgan fingerprint density at radius 3 is 2.25 bits per heavy atom. The predicted octanol–water partition coefficient (Wildman–Crippen LogP) is 4.08. The van der Waals surface area contributed by atoms with Crippen LogP contribution in [0.25, 0.3) is 0 Å². The number of nitrogen functional groups attached to an aromatic ring is 1. The average molecular weight is 334 g/mol. The topological polar surface area (TPSA) is 73.6 Å². The van der Waals surface area contributed by atoms with Crippen LogP contribution in [0.15, 0.2) is 12.1 Å². The second kappa shape index (κ2) is 6.54. The zero-order chi connectivity index (χ0) is 18.1. The first-order chi connectivity index (χ1) is 11.1. The van der Waals surface area contributed by atoms with Gasteiger partial charge in [-0.05, 0) is 36.2 Å². The molecule has 1 fully saturated rings. The number of carbonyl (C=O) groups is 1. The van der Waals surface area contributed by atoms with Gasteiger partial charge < -0.3 is 20.5 Å². The molecular weight excluding hydrogens is 304 g/mol. The van der Waals surface area contributed by atoms with Crippen LogP contribution in [0, 0.1) is 10.8 Å². The van der Waals surface area contributed by atoms with Crippen LogP contribution >= 0.6 is 0 Å².